The number of methoxy groups -OCH3 is 1. The normalized spacial score (nSPS) is 42.0. The molecule has 0 saturated heterocycles. The molecule has 0 bridgehead atoms. The molecule has 174 valence electrons. The molecule has 0 amide bonds. The van der Waals surface area contributed by atoms with Gasteiger partial charge in [-0.25, -0.2) is 0 Å². The summed E-state index contributed by atoms with van der Waals surface area (Å²) < 4.78 is 4.89. The summed E-state index contributed by atoms with van der Waals surface area (Å²) in [4.78, 5) is 11.7. The van der Waals surface area contributed by atoms with Gasteiger partial charge in [-0.2, -0.15) is 0 Å². The van der Waals surface area contributed by atoms with Crippen LogP contribution < -0.4 is 0 Å². The van der Waals surface area contributed by atoms with Gasteiger partial charge in [-0.15, -0.1) is 0 Å². The maximum Gasteiger partial charge on any atom is 0.305 e. The zero-order valence-corrected chi connectivity index (χ0v) is 20.1. The highest BCUT2D eigenvalue weighted by Gasteiger charge is 2.52. The summed E-state index contributed by atoms with van der Waals surface area (Å²) in [5.41, 5.74) is 0.640. The van der Waals surface area contributed by atoms with E-state index >= 15 is 0 Å². The van der Waals surface area contributed by atoms with Gasteiger partial charge in [-0.05, 0) is 98.2 Å². The van der Waals surface area contributed by atoms with Crippen LogP contribution in [-0.2, 0) is 9.53 Å². The predicted octanol–water partition coefficient (Wildman–Crippen LogP) is 5.49. The van der Waals surface area contributed by atoms with Crippen molar-refractivity contribution in [3.63, 3.8) is 0 Å². The average Bonchev–Trinajstić information content (AvgIpc) is 3.09. The first-order valence-corrected chi connectivity index (χ1v) is 12.4. The van der Waals surface area contributed by atoms with Gasteiger partial charge in [0.05, 0.1) is 19.3 Å². The zero-order valence-electron chi connectivity index (χ0n) is 20.1. The summed E-state index contributed by atoms with van der Waals surface area (Å²) in [6, 6.07) is 0. The minimum Gasteiger partial charge on any atom is -0.469 e. The van der Waals surface area contributed by atoms with Gasteiger partial charge in [0.2, 0.25) is 0 Å². The molecule has 0 heterocycles. The smallest absolute Gasteiger partial charge is 0.305 e. The molecule has 3 aliphatic rings. The molecule has 0 aromatic carbocycles. The lowest BCUT2D eigenvalue weighted by Gasteiger charge is -2.54. The lowest BCUT2D eigenvalue weighted by molar-refractivity contribution is -0.141. The van der Waals surface area contributed by atoms with Crippen LogP contribution in [0.15, 0.2) is 0 Å². The Morgan fingerprint density at radius 3 is 2.53 bits per heavy atom. The molecule has 4 heteroatoms. The topological polar surface area (TPSA) is 66.8 Å². The van der Waals surface area contributed by atoms with E-state index in [-0.39, 0.29) is 34.9 Å². The fourth-order valence-electron chi connectivity index (χ4n) is 7.89. The molecule has 0 aliphatic heterocycles. The van der Waals surface area contributed by atoms with Crippen LogP contribution >= 0.6 is 0 Å². The number of ether oxygens (including phenoxy) is 1. The number of rotatable bonds is 7. The molecule has 2 N–H and O–H groups in total. The number of aliphatic hydroxyl groups is 2. The number of esters is 1. The standard InChI is InChI=1S/C26H46O4/c1-24(2,14-12-23(29)30-5)22-7-6-13-25(22,3)15-10-18-8-9-21(28)20-17-19(27)11-16-26(18,20)4/h18-22,27-28H,6-17H2,1-5H3. The second-order valence-electron chi connectivity index (χ2n) is 12.1. The van der Waals surface area contributed by atoms with E-state index in [0.717, 1.165) is 38.5 Å². The van der Waals surface area contributed by atoms with Gasteiger partial charge in [0, 0.05) is 6.42 Å². The van der Waals surface area contributed by atoms with Gasteiger partial charge in [-0.3, -0.25) is 4.79 Å². The minimum absolute atomic E-state index is 0.0954. The number of fused-ring (bicyclic) bond motifs is 1. The van der Waals surface area contributed by atoms with Gasteiger partial charge < -0.3 is 14.9 Å². The van der Waals surface area contributed by atoms with Crippen molar-refractivity contribution >= 4 is 5.97 Å². The van der Waals surface area contributed by atoms with Crippen molar-refractivity contribution < 1.29 is 19.7 Å². The quantitative estimate of drug-likeness (QED) is 0.532. The van der Waals surface area contributed by atoms with Crippen molar-refractivity contribution in [2.75, 3.05) is 7.11 Å². The zero-order chi connectivity index (χ0) is 22.2. The van der Waals surface area contributed by atoms with E-state index in [4.69, 9.17) is 4.74 Å². The van der Waals surface area contributed by atoms with Crippen LogP contribution in [0.3, 0.4) is 0 Å². The first kappa shape index (κ1) is 24.0. The van der Waals surface area contributed by atoms with Crippen LogP contribution in [0, 0.1) is 34.0 Å². The fourth-order valence-corrected chi connectivity index (χ4v) is 7.89. The van der Waals surface area contributed by atoms with Gasteiger partial charge in [0.15, 0.2) is 0 Å². The van der Waals surface area contributed by atoms with Gasteiger partial charge >= 0.3 is 5.97 Å². The summed E-state index contributed by atoms with van der Waals surface area (Å²) in [6.45, 7) is 9.58. The van der Waals surface area contributed by atoms with Crippen molar-refractivity contribution in [2.45, 2.75) is 117 Å². The number of carbonyl (C=O) groups excluding carboxylic acids is 1. The van der Waals surface area contributed by atoms with Crippen LogP contribution in [0.2, 0.25) is 0 Å². The van der Waals surface area contributed by atoms with Crippen LogP contribution in [0.1, 0.15) is 105 Å². The van der Waals surface area contributed by atoms with Crippen molar-refractivity contribution in [1.29, 1.82) is 0 Å². The largest absolute Gasteiger partial charge is 0.469 e. The lowest BCUT2D eigenvalue weighted by Crippen LogP contribution is -2.50. The second kappa shape index (κ2) is 9.10. The fraction of sp³-hybridized carbons (Fsp3) is 0.962. The van der Waals surface area contributed by atoms with E-state index in [1.807, 2.05) is 0 Å². The van der Waals surface area contributed by atoms with Crippen molar-refractivity contribution in [3.8, 4) is 0 Å². The summed E-state index contributed by atoms with van der Waals surface area (Å²) in [6.07, 6.45) is 12.0. The van der Waals surface area contributed by atoms with Gasteiger partial charge in [-0.1, -0.05) is 34.1 Å². The number of carbonyl (C=O) groups is 1. The molecule has 0 aromatic heterocycles. The molecule has 0 aromatic rings. The third-order valence-electron chi connectivity index (χ3n) is 9.89. The van der Waals surface area contributed by atoms with E-state index in [2.05, 4.69) is 27.7 Å². The average molecular weight is 423 g/mol. The molecular weight excluding hydrogens is 376 g/mol. The molecule has 0 radical (unpaired) electrons. The highest BCUT2D eigenvalue weighted by atomic mass is 16.5. The first-order chi connectivity index (χ1) is 14.0. The Morgan fingerprint density at radius 2 is 1.83 bits per heavy atom. The Bertz CT molecular complexity index is 602. The molecule has 3 fully saturated rings. The van der Waals surface area contributed by atoms with Crippen LogP contribution in [-0.4, -0.2) is 35.5 Å². The summed E-state index contributed by atoms with van der Waals surface area (Å²) in [5, 5.41) is 20.9. The SMILES string of the molecule is COC(=O)CCC(C)(C)C1CCCC1(C)CCC1CCC(O)C2CC(O)CCC12C. The van der Waals surface area contributed by atoms with Crippen molar-refractivity contribution in [2.24, 2.45) is 34.0 Å². The summed E-state index contributed by atoms with van der Waals surface area (Å²) in [7, 11) is 1.48. The Morgan fingerprint density at radius 1 is 1.10 bits per heavy atom. The van der Waals surface area contributed by atoms with Crippen LogP contribution in [0.25, 0.3) is 0 Å². The van der Waals surface area contributed by atoms with Crippen molar-refractivity contribution in [3.05, 3.63) is 0 Å². The minimum atomic E-state index is -0.242. The molecular formula is C26H46O4. The molecule has 3 rings (SSSR count). The maximum atomic E-state index is 11.7. The molecule has 0 spiro atoms. The van der Waals surface area contributed by atoms with E-state index in [1.54, 1.807) is 0 Å². The Hall–Kier alpha value is -0.610. The molecule has 3 aliphatic carbocycles. The van der Waals surface area contributed by atoms with Gasteiger partial charge in [0.1, 0.15) is 0 Å². The highest BCUT2D eigenvalue weighted by Crippen LogP contribution is 2.59. The molecule has 4 nitrogen and oxygen atoms in total. The molecule has 30 heavy (non-hydrogen) atoms. The highest BCUT2D eigenvalue weighted by molar-refractivity contribution is 5.69. The lowest BCUT2D eigenvalue weighted by atomic mass is 9.52. The van der Waals surface area contributed by atoms with Crippen molar-refractivity contribution in [1.82, 2.24) is 0 Å². The predicted molar refractivity (Wildman–Crippen MR) is 120 cm³/mol. The van der Waals surface area contributed by atoms with E-state index in [1.165, 1.54) is 39.2 Å². The Balaban J connectivity index is 1.66. The summed E-state index contributed by atoms with van der Waals surface area (Å²) >= 11 is 0. The Labute approximate surface area is 184 Å². The number of aliphatic hydroxyl groups excluding tert-OH is 2. The van der Waals surface area contributed by atoms with Crippen LogP contribution in [0.5, 0.6) is 0 Å². The first-order valence-electron chi connectivity index (χ1n) is 12.4. The second-order valence-corrected chi connectivity index (χ2v) is 12.1. The summed E-state index contributed by atoms with van der Waals surface area (Å²) in [5.74, 6) is 1.45. The monoisotopic (exact) mass is 422 g/mol. The number of hydrogen-bond donors (Lipinski definition) is 2. The van der Waals surface area contributed by atoms with E-state index in [9.17, 15) is 15.0 Å². The maximum absolute atomic E-state index is 11.7. The third-order valence-corrected chi connectivity index (χ3v) is 9.89. The van der Waals surface area contributed by atoms with Crippen LogP contribution in [0.4, 0.5) is 0 Å². The molecule has 7 atom stereocenters. The van der Waals surface area contributed by atoms with E-state index in [0.29, 0.717) is 23.7 Å². The molecule has 7 unspecified atom stereocenters. The Kier molecular flexibility index (Phi) is 7.29. The van der Waals surface area contributed by atoms with Gasteiger partial charge in [0.25, 0.3) is 0 Å². The number of hydrogen-bond acceptors (Lipinski definition) is 4. The third kappa shape index (κ3) is 4.75. The van der Waals surface area contributed by atoms with E-state index < -0.39 is 0 Å². The molecule has 3 saturated carbocycles.